The number of nitrogens with one attached hydrogen (secondary N) is 1. The van der Waals surface area contributed by atoms with Gasteiger partial charge in [-0.25, -0.2) is 0 Å². The Morgan fingerprint density at radius 2 is 2.22 bits per heavy atom. The maximum Gasteiger partial charge on any atom is 0.411 e. The minimum Gasteiger partial charge on any atom is -0.372 e. The van der Waals surface area contributed by atoms with E-state index in [1.165, 1.54) is 0 Å². The summed E-state index contributed by atoms with van der Waals surface area (Å²) in [6.07, 6.45) is 2.68. The van der Waals surface area contributed by atoms with Gasteiger partial charge in [0.15, 0.2) is 0 Å². The number of hydrogen-bond acceptors (Lipinski definition) is 2. The van der Waals surface area contributed by atoms with Crippen LogP contribution in [0.3, 0.4) is 0 Å². The van der Waals surface area contributed by atoms with Gasteiger partial charge in [-0.2, -0.15) is 13.2 Å². The van der Waals surface area contributed by atoms with Crippen LogP contribution >= 0.6 is 0 Å². The SMILES string of the molecule is O=C(CC1C=CCC1)NCCCOCC(F)(F)F. The molecule has 0 aromatic carbocycles. The third-order valence-corrected chi connectivity index (χ3v) is 2.61. The molecule has 0 saturated heterocycles. The maximum atomic E-state index is 11.7. The Labute approximate surface area is 104 Å². The number of carbonyl (C=O) groups is 1. The zero-order valence-corrected chi connectivity index (χ0v) is 10.1. The second kappa shape index (κ2) is 7.41. The predicted octanol–water partition coefficient (Wildman–Crippen LogP) is 2.43. The molecule has 1 atom stereocenters. The van der Waals surface area contributed by atoms with Gasteiger partial charge in [0.05, 0.1) is 0 Å². The fourth-order valence-electron chi connectivity index (χ4n) is 1.77. The molecule has 0 aromatic rings. The average Bonchev–Trinajstić information content (AvgIpc) is 2.74. The molecular weight excluding hydrogens is 247 g/mol. The summed E-state index contributed by atoms with van der Waals surface area (Å²) in [5.41, 5.74) is 0. The molecule has 104 valence electrons. The first kappa shape index (κ1) is 15.0. The van der Waals surface area contributed by atoms with Gasteiger partial charge in [0.1, 0.15) is 6.61 Å². The molecule has 6 heteroatoms. The zero-order valence-electron chi connectivity index (χ0n) is 10.1. The van der Waals surface area contributed by atoms with E-state index < -0.39 is 12.8 Å². The van der Waals surface area contributed by atoms with Crippen LogP contribution in [-0.4, -0.2) is 31.8 Å². The Balaban J connectivity index is 1.94. The van der Waals surface area contributed by atoms with Crippen LogP contribution in [0.15, 0.2) is 12.2 Å². The van der Waals surface area contributed by atoms with Crippen LogP contribution in [-0.2, 0) is 9.53 Å². The van der Waals surface area contributed by atoms with Crippen molar-refractivity contribution in [2.45, 2.75) is 31.9 Å². The summed E-state index contributed by atoms with van der Waals surface area (Å²) >= 11 is 0. The quantitative estimate of drug-likeness (QED) is 0.567. The largest absolute Gasteiger partial charge is 0.411 e. The molecule has 1 aliphatic carbocycles. The van der Waals surface area contributed by atoms with E-state index in [2.05, 4.69) is 16.1 Å². The molecule has 1 aliphatic rings. The van der Waals surface area contributed by atoms with E-state index in [1.807, 2.05) is 6.08 Å². The summed E-state index contributed by atoms with van der Waals surface area (Å²) in [4.78, 5) is 11.4. The average molecular weight is 265 g/mol. The molecular formula is C12H18F3NO2. The Hall–Kier alpha value is -1.04. The standard InChI is InChI=1S/C12H18F3NO2/c13-12(14,15)9-18-7-3-6-16-11(17)8-10-4-1-2-5-10/h1,4,10H,2-3,5-9H2,(H,16,17). The minimum atomic E-state index is -4.28. The third kappa shape index (κ3) is 7.32. The highest BCUT2D eigenvalue weighted by Gasteiger charge is 2.27. The van der Waals surface area contributed by atoms with Crippen LogP contribution in [0.4, 0.5) is 13.2 Å². The van der Waals surface area contributed by atoms with Crippen molar-refractivity contribution in [2.24, 2.45) is 5.92 Å². The first-order valence-electron chi connectivity index (χ1n) is 6.05. The number of carbonyl (C=O) groups excluding carboxylic acids is 1. The van der Waals surface area contributed by atoms with Gasteiger partial charge in [0, 0.05) is 19.6 Å². The van der Waals surface area contributed by atoms with Crippen molar-refractivity contribution in [3.63, 3.8) is 0 Å². The molecule has 0 saturated carbocycles. The Morgan fingerprint density at radius 3 is 2.83 bits per heavy atom. The lowest BCUT2D eigenvalue weighted by molar-refractivity contribution is -0.174. The summed E-state index contributed by atoms with van der Waals surface area (Å²) in [6.45, 7) is -0.871. The Bertz CT molecular complexity index is 290. The molecule has 0 fully saturated rings. The molecule has 0 heterocycles. The monoisotopic (exact) mass is 265 g/mol. The topological polar surface area (TPSA) is 38.3 Å². The predicted molar refractivity (Wildman–Crippen MR) is 61.0 cm³/mol. The van der Waals surface area contributed by atoms with Gasteiger partial charge < -0.3 is 10.1 Å². The number of halogens is 3. The molecule has 1 rings (SSSR count). The van der Waals surface area contributed by atoms with Crippen molar-refractivity contribution >= 4 is 5.91 Å². The fraction of sp³-hybridized carbons (Fsp3) is 0.750. The fourth-order valence-corrected chi connectivity index (χ4v) is 1.77. The lowest BCUT2D eigenvalue weighted by atomic mass is 10.1. The summed E-state index contributed by atoms with van der Waals surface area (Å²) in [6, 6.07) is 0. The van der Waals surface area contributed by atoms with Gasteiger partial charge in [-0.1, -0.05) is 12.2 Å². The van der Waals surface area contributed by atoms with Gasteiger partial charge in [0.25, 0.3) is 0 Å². The van der Waals surface area contributed by atoms with E-state index in [-0.39, 0.29) is 12.5 Å². The van der Waals surface area contributed by atoms with Crippen molar-refractivity contribution in [1.82, 2.24) is 5.32 Å². The second-order valence-corrected chi connectivity index (χ2v) is 4.34. The van der Waals surface area contributed by atoms with Gasteiger partial charge in [-0.3, -0.25) is 4.79 Å². The molecule has 0 aliphatic heterocycles. The minimum absolute atomic E-state index is 0.00310. The van der Waals surface area contributed by atoms with Crippen LogP contribution in [0, 0.1) is 5.92 Å². The van der Waals surface area contributed by atoms with Crippen molar-refractivity contribution < 1.29 is 22.7 Å². The molecule has 18 heavy (non-hydrogen) atoms. The molecule has 1 unspecified atom stereocenters. The molecule has 0 bridgehead atoms. The summed E-state index contributed by atoms with van der Waals surface area (Å²) < 4.78 is 39.6. The molecule has 1 amide bonds. The van der Waals surface area contributed by atoms with Crippen LogP contribution in [0.5, 0.6) is 0 Å². The smallest absolute Gasteiger partial charge is 0.372 e. The molecule has 0 radical (unpaired) electrons. The number of hydrogen-bond donors (Lipinski definition) is 1. The third-order valence-electron chi connectivity index (χ3n) is 2.61. The first-order chi connectivity index (χ1) is 8.47. The van der Waals surface area contributed by atoms with Crippen molar-refractivity contribution in [3.05, 3.63) is 12.2 Å². The van der Waals surface area contributed by atoms with Gasteiger partial charge in [-0.05, 0) is 25.2 Å². The molecule has 0 spiro atoms. The van der Waals surface area contributed by atoms with E-state index in [4.69, 9.17) is 0 Å². The lowest BCUT2D eigenvalue weighted by Crippen LogP contribution is -2.27. The number of alkyl halides is 3. The van der Waals surface area contributed by atoms with Crippen molar-refractivity contribution in [3.8, 4) is 0 Å². The number of allylic oxidation sites excluding steroid dienone is 2. The normalized spacial score (nSPS) is 19.2. The van der Waals surface area contributed by atoms with E-state index in [1.54, 1.807) is 0 Å². The number of ether oxygens (including phenoxy) is 1. The van der Waals surface area contributed by atoms with Crippen molar-refractivity contribution in [1.29, 1.82) is 0 Å². The summed E-state index contributed by atoms with van der Waals surface area (Å²) in [5.74, 6) is 0.258. The number of amides is 1. The van der Waals surface area contributed by atoms with Gasteiger partial charge in [-0.15, -0.1) is 0 Å². The maximum absolute atomic E-state index is 11.7. The first-order valence-corrected chi connectivity index (χ1v) is 6.05. The van der Waals surface area contributed by atoms with Crippen LogP contribution in [0.25, 0.3) is 0 Å². The second-order valence-electron chi connectivity index (χ2n) is 4.34. The van der Waals surface area contributed by atoms with Gasteiger partial charge in [0.2, 0.25) is 5.91 Å². The Kier molecular flexibility index (Phi) is 6.18. The highest BCUT2D eigenvalue weighted by Crippen LogP contribution is 2.19. The van der Waals surface area contributed by atoms with E-state index in [0.29, 0.717) is 25.3 Å². The van der Waals surface area contributed by atoms with E-state index in [9.17, 15) is 18.0 Å². The Morgan fingerprint density at radius 1 is 1.44 bits per heavy atom. The molecule has 1 N–H and O–H groups in total. The molecule has 3 nitrogen and oxygen atoms in total. The van der Waals surface area contributed by atoms with Gasteiger partial charge >= 0.3 is 6.18 Å². The van der Waals surface area contributed by atoms with E-state index >= 15 is 0 Å². The highest BCUT2D eigenvalue weighted by molar-refractivity contribution is 5.76. The lowest BCUT2D eigenvalue weighted by Gasteiger charge is -2.09. The van der Waals surface area contributed by atoms with Crippen molar-refractivity contribution in [2.75, 3.05) is 19.8 Å². The van der Waals surface area contributed by atoms with Crippen LogP contribution in [0.2, 0.25) is 0 Å². The zero-order chi connectivity index (χ0) is 13.4. The number of rotatable bonds is 7. The summed E-state index contributed by atoms with van der Waals surface area (Å²) in [7, 11) is 0. The highest BCUT2D eigenvalue weighted by atomic mass is 19.4. The summed E-state index contributed by atoms with van der Waals surface area (Å²) in [5, 5.41) is 2.67. The van der Waals surface area contributed by atoms with Crippen LogP contribution < -0.4 is 5.32 Å². The van der Waals surface area contributed by atoms with Crippen LogP contribution in [0.1, 0.15) is 25.7 Å². The van der Waals surface area contributed by atoms with E-state index in [0.717, 1.165) is 12.8 Å². The molecule has 0 aromatic heterocycles.